The van der Waals surface area contributed by atoms with Crippen molar-refractivity contribution in [2.45, 2.75) is 24.6 Å². The first-order valence-corrected chi connectivity index (χ1v) is 8.95. The second kappa shape index (κ2) is 3.16. The highest BCUT2D eigenvalue weighted by Crippen LogP contribution is 2.90. The van der Waals surface area contributed by atoms with E-state index in [4.69, 9.17) is 0 Å². The van der Waals surface area contributed by atoms with Crippen molar-refractivity contribution in [2.24, 2.45) is 47.3 Å². The Morgan fingerprint density at radius 1 is 1.14 bits per heavy atom. The summed E-state index contributed by atoms with van der Waals surface area (Å²) >= 11 is 0. The van der Waals surface area contributed by atoms with E-state index in [-0.39, 0.29) is 5.82 Å². The van der Waals surface area contributed by atoms with Gasteiger partial charge in [0.15, 0.2) is 0 Å². The van der Waals surface area contributed by atoms with Gasteiger partial charge in [-0.15, -0.1) is 0 Å². The summed E-state index contributed by atoms with van der Waals surface area (Å²) < 4.78 is 13.4. The largest absolute Gasteiger partial charge is 0.375 e. The Morgan fingerprint density at radius 3 is 2.91 bits per heavy atom. The summed E-state index contributed by atoms with van der Waals surface area (Å²) in [4.78, 5) is 2.48. The number of rotatable bonds is 3. The number of halogens is 1. The number of nitrogens with zero attached hydrogens (tertiary/aromatic N) is 1. The predicted molar refractivity (Wildman–Crippen MR) is 78.1 cm³/mol. The Labute approximate surface area is 129 Å². The van der Waals surface area contributed by atoms with E-state index in [2.05, 4.69) is 4.90 Å². The van der Waals surface area contributed by atoms with E-state index in [1.165, 1.54) is 12.5 Å². The third kappa shape index (κ3) is 0.881. The molecule has 2 nitrogen and oxygen atoms in total. The standard InChI is InChI=1S/C19H20FNO/c20-9-3-1-2-8(6-9)4-5-21-18-14-10-7-11-13-12(10)15(18)17(13)19(21,22)16(11)14/h1-3,6,10-18,22H,4-5,7H2/t10-,11+,12?,13+,14?,15+,16+,17+,18-,19-/m0/s1. The highest BCUT2D eigenvalue weighted by Gasteiger charge is 2.93. The van der Waals surface area contributed by atoms with Gasteiger partial charge in [0, 0.05) is 24.4 Å². The van der Waals surface area contributed by atoms with Crippen molar-refractivity contribution in [2.75, 3.05) is 6.54 Å². The van der Waals surface area contributed by atoms with E-state index in [1.54, 1.807) is 12.1 Å². The predicted octanol–water partition coefficient (Wildman–Crippen LogP) is 2.13. The van der Waals surface area contributed by atoms with Crippen LogP contribution in [0.3, 0.4) is 0 Å². The zero-order valence-corrected chi connectivity index (χ0v) is 12.4. The molecule has 114 valence electrons. The second-order valence-electron chi connectivity index (χ2n) is 8.77. The summed E-state index contributed by atoms with van der Waals surface area (Å²) in [5, 5.41) is 11.6. The molecule has 8 rings (SSSR count). The highest BCUT2D eigenvalue weighted by atomic mass is 19.1. The molecule has 0 spiro atoms. The van der Waals surface area contributed by atoms with Crippen LogP contribution < -0.4 is 0 Å². The SMILES string of the molecule is O[C@]12[C@H]3[C@H]4C5[C@@H]6C[C@H]([C@H]53)[C@@H]1C6[C@@H]4N2CCc1cccc(F)c1. The Balaban J connectivity index is 1.25. The highest BCUT2D eigenvalue weighted by molar-refractivity contribution is 5.40. The maximum atomic E-state index is 13.4. The number of hydrogen-bond acceptors (Lipinski definition) is 2. The first kappa shape index (κ1) is 11.6. The first-order chi connectivity index (χ1) is 10.7. The molecule has 5 saturated carbocycles. The Bertz CT molecular complexity index is 721. The van der Waals surface area contributed by atoms with Gasteiger partial charge in [-0.3, -0.25) is 4.90 Å². The lowest BCUT2D eigenvalue weighted by Gasteiger charge is -2.45. The minimum absolute atomic E-state index is 0.147. The first-order valence-electron chi connectivity index (χ1n) is 8.95. The minimum Gasteiger partial charge on any atom is -0.375 e. The molecular weight excluding hydrogens is 277 g/mol. The van der Waals surface area contributed by atoms with Gasteiger partial charge in [0.1, 0.15) is 11.5 Å². The van der Waals surface area contributed by atoms with Gasteiger partial charge in [-0.05, 0) is 66.0 Å². The monoisotopic (exact) mass is 297 g/mol. The fourth-order valence-electron chi connectivity index (χ4n) is 8.81. The molecule has 1 aromatic rings. The van der Waals surface area contributed by atoms with Gasteiger partial charge in [-0.25, -0.2) is 4.39 Å². The van der Waals surface area contributed by atoms with Crippen molar-refractivity contribution in [1.82, 2.24) is 4.90 Å². The molecule has 2 saturated heterocycles. The van der Waals surface area contributed by atoms with Gasteiger partial charge in [-0.1, -0.05) is 12.1 Å². The molecule has 5 aliphatic carbocycles. The van der Waals surface area contributed by atoms with Crippen molar-refractivity contribution >= 4 is 0 Å². The second-order valence-corrected chi connectivity index (χ2v) is 8.77. The molecule has 7 aliphatic rings. The third-order valence-corrected chi connectivity index (χ3v) is 8.74. The van der Waals surface area contributed by atoms with Crippen LogP contribution in [0.4, 0.5) is 4.39 Å². The van der Waals surface area contributed by atoms with Crippen LogP contribution in [0.5, 0.6) is 0 Å². The van der Waals surface area contributed by atoms with Crippen LogP contribution in [-0.4, -0.2) is 28.3 Å². The fraction of sp³-hybridized carbons (Fsp3) is 0.684. The molecule has 1 aromatic carbocycles. The van der Waals surface area contributed by atoms with Gasteiger partial charge >= 0.3 is 0 Å². The number of benzene rings is 1. The molecular formula is C19H20FNO. The van der Waals surface area contributed by atoms with Crippen LogP contribution in [0.25, 0.3) is 0 Å². The quantitative estimate of drug-likeness (QED) is 0.924. The summed E-state index contributed by atoms with van der Waals surface area (Å²) in [6, 6.07) is 7.62. The smallest absolute Gasteiger partial charge is 0.125 e. The lowest BCUT2D eigenvalue weighted by Crippen LogP contribution is -2.51. The van der Waals surface area contributed by atoms with E-state index >= 15 is 0 Å². The van der Waals surface area contributed by atoms with Crippen LogP contribution in [0, 0.1) is 53.2 Å². The van der Waals surface area contributed by atoms with E-state index < -0.39 is 5.72 Å². The van der Waals surface area contributed by atoms with Crippen LogP contribution in [0.2, 0.25) is 0 Å². The Morgan fingerprint density at radius 2 is 2.05 bits per heavy atom. The van der Waals surface area contributed by atoms with Gasteiger partial charge < -0.3 is 5.11 Å². The molecule has 0 amide bonds. The summed E-state index contributed by atoms with van der Waals surface area (Å²) in [6.07, 6.45) is 2.29. The molecule has 4 bridgehead atoms. The van der Waals surface area contributed by atoms with Gasteiger partial charge in [-0.2, -0.15) is 0 Å². The van der Waals surface area contributed by atoms with E-state index in [1.807, 2.05) is 6.07 Å². The van der Waals surface area contributed by atoms with E-state index in [0.29, 0.717) is 17.9 Å². The topological polar surface area (TPSA) is 23.5 Å². The Kier molecular flexibility index (Phi) is 1.66. The molecule has 7 fully saturated rings. The van der Waals surface area contributed by atoms with Gasteiger partial charge in [0.05, 0.1) is 0 Å². The van der Waals surface area contributed by atoms with Crippen LogP contribution in [-0.2, 0) is 6.42 Å². The molecule has 2 aliphatic heterocycles. The molecule has 10 atom stereocenters. The zero-order chi connectivity index (χ0) is 14.4. The summed E-state index contributed by atoms with van der Waals surface area (Å²) in [5.41, 5.74) is 0.580. The number of aliphatic hydroxyl groups is 1. The van der Waals surface area contributed by atoms with Crippen molar-refractivity contribution in [3.63, 3.8) is 0 Å². The van der Waals surface area contributed by atoms with Crippen molar-refractivity contribution < 1.29 is 9.50 Å². The minimum atomic E-state index is -0.482. The summed E-state index contributed by atoms with van der Waals surface area (Å²) in [5.74, 6) is 6.25. The Hall–Kier alpha value is -0.930. The van der Waals surface area contributed by atoms with Crippen LogP contribution in [0.15, 0.2) is 24.3 Å². The molecule has 2 unspecified atom stereocenters. The third-order valence-electron chi connectivity index (χ3n) is 8.74. The average Bonchev–Trinajstić information content (AvgIpc) is 3.09. The molecule has 3 heteroatoms. The molecule has 0 radical (unpaired) electrons. The lowest BCUT2D eigenvalue weighted by molar-refractivity contribution is -0.130. The maximum Gasteiger partial charge on any atom is 0.125 e. The maximum absolute atomic E-state index is 13.4. The van der Waals surface area contributed by atoms with Crippen molar-refractivity contribution in [1.29, 1.82) is 0 Å². The fourth-order valence-corrected chi connectivity index (χ4v) is 8.81. The normalized spacial score (nSPS) is 60.9. The van der Waals surface area contributed by atoms with Gasteiger partial charge in [0.25, 0.3) is 0 Å². The lowest BCUT2D eigenvalue weighted by atomic mass is 9.59. The van der Waals surface area contributed by atoms with E-state index in [0.717, 1.165) is 54.0 Å². The summed E-state index contributed by atoms with van der Waals surface area (Å²) in [7, 11) is 0. The van der Waals surface area contributed by atoms with Gasteiger partial charge in [0.2, 0.25) is 0 Å². The average molecular weight is 297 g/mol. The molecule has 0 aromatic heterocycles. The van der Waals surface area contributed by atoms with Crippen molar-refractivity contribution in [3.05, 3.63) is 35.6 Å². The summed E-state index contributed by atoms with van der Waals surface area (Å²) in [6.45, 7) is 0.906. The number of hydrogen-bond donors (Lipinski definition) is 1. The molecule has 1 N–H and O–H groups in total. The van der Waals surface area contributed by atoms with E-state index in [9.17, 15) is 9.50 Å². The van der Waals surface area contributed by atoms with Crippen LogP contribution in [0.1, 0.15) is 12.0 Å². The van der Waals surface area contributed by atoms with Crippen LogP contribution >= 0.6 is 0 Å². The zero-order valence-electron chi connectivity index (χ0n) is 12.4. The van der Waals surface area contributed by atoms with Crippen molar-refractivity contribution in [3.8, 4) is 0 Å². The molecule has 2 heterocycles. The molecule has 22 heavy (non-hydrogen) atoms.